The number of pyridine rings is 1. The van der Waals surface area contributed by atoms with E-state index in [2.05, 4.69) is 50.1 Å². The first kappa shape index (κ1) is 19.5. The molecule has 0 bridgehead atoms. The van der Waals surface area contributed by atoms with Crippen molar-refractivity contribution in [3.8, 4) is 0 Å². The van der Waals surface area contributed by atoms with Crippen LogP contribution in [0.3, 0.4) is 0 Å². The molecule has 0 aliphatic carbocycles. The average Bonchev–Trinajstić information content (AvgIpc) is 3.09. The average molecular weight is 393 g/mol. The van der Waals surface area contributed by atoms with Crippen LogP contribution in [-0.4, -0.2) is 52.6 Å². The second kappa shape index (κ2) is 7.87. The Labute approximate surface area is 171 Å². The minimum Gasteiger partial charge on any atom is -0.455 e. The Balaban J connectivity index is 1.37. The number of rotatable bonds is 4. The molecule has 0 atom stereocenters. The molecule has 1 N–H and O–H groups in total. The molecule has 3 heterocycles. The van der Waals surface area contributed by atoms with E-state index in [0.717, 1.165) is 38.5 Å². The van der Waals surface area contributed by atoms with Crippen LogP contribution in [-0.2, 0) is 11.3 Å². The molecule has 1 aliphatic rings. The first-order valence-electron chi connectivity index (χ1n) is 10.1. The van der Waals surface area contributed by atoms with E-state index in [1.165, 1.54) is 16.6 Å². The summed E-state index contributed by atoms with van der Waals surface area (Å²) in [6, 6.07) is 16.1. The summed E-state index contributed by atoms with van der Waals surface area (Å²) in [5.74, 6) is 0.454. The summed E-state index contributed by atoms with van der Waals surface area (Å²) in [6.45, 7) is 10.2. The number of esters is 1. The number of nitrogens with zero attached hydrogens (tertiary/aromatic N) is 3. The van der Waals surface area contributed by atoms with E-state index in [-0.39, 0.29) is 5.97 Å². The fourth-order valence-electron chi connectivity index (χ4n) is 3.64. The molecule has 6 nitrogen and oxygen atoms in total. The monoisotopic (exact) mass is 392 g/mol. The number of anilines is 1. The van der Waals surface area contributed by atoms with Gasteiger partial charge in [-0.25, -0.2) is 9.78 Å². The van der Waals surface area contributed by atoms with Crippen molar-refractivity contribution in [1.82, 2.24) is 14.9 Å². The molecule has 4 rings (SSSR count). The van der Waals surface area contributed by atoms with Crippen molar-refractivity contribution >= 4 is 22.7 Å². The molecule has 0 spiro atoms. The molecule has 0 unspecified atom stereocenters. The maximum absolute atomic E-state index is 12.3. The van der Waals surface area contributed by atoms with Gasteiger partial charge in [0.05, 0.1) is 0 Å². The second-order valence-electron chi connectivity index (χ2n) is 8.53. The van der Waals surface area contributed by atoms with Crippen LogP contribution < -0.4 is 4.90 Å². The molecule has 0 radical (unpaired) electrons. The third-order valence-corrected chi connectivity index (χ3v) is 5.02. The number of piperazine rings is 1. The van der Waals surface area contributed by atoms with Gasteiger partial charge in [-0.15, -0.1) is 0 Å². The summed E-state index contributed by atoms with van der Waals surface area (Å²) >= 11 is 0. The van der Waals surface area contributed by atoms with E-state index in [9.17, 15) is 4.79 Å². The van der Waals surface area contributed by atoms with Crippen LogP contribution in [0.1, 0.15) is 37.0 Å². The van der Waals surface area contributed by atoms with Gasteiger partial charge in [-0.2, -0.15) is 0 Å². The molecule has 1 fully saturated rings. The molecule has 1 aromatic carbocycles. The Morgan fingerprint density at radius 2 is 1.83 bits per heavy atom. The summed E-state index contributed by atoms with van der Waals surface area (Å²) in [7, 11) is 0. The Morgan fingerprint density at radius 3 is 2.55 bits per heavy atom. The fraction of sp³-hybridized carbons (Fsp3) is 0.391. The predicted molar refractivity (Wildman–Crippen MR) is 115 cm³/mol. The number of H-pyrrole nitrogens is 1. The smallest absolute Gasteiger partial charge is 0.357 e. The SMILES string of the molecule is CC(C)(C)OC(=O)c1cccc(N2CCN(Cc3cc4ccccc4[nH]3)CC2)n1. The molecule has 152 valence electrons. The molecule has 0 amide bonds. The number of hydrogen-bond donors (Lipinski definition) is 1. The maximum atomic E-state index is 12.3. The largest absolute Gasteiger partial charge is 0.455 e. The molecule has 0 saturated carbocycles. The zero-order valence-corrected chi connectivity index (χ0v) is 17.3. The van der Waals surface area contributed by atoms with Gasteiger partial charge < -0.3 is 14.6 Å². The number of carbonyl (C=O) groups excluding carboxylic acids is 1. The summed E-state index contributed by atoms with van der Waals surface area (Å²) in [5.41, 5.74) is 2.26. The van der Waals surface area contributed by atoms with Gasteiger partial charge in [0.15, 0.2) is 5.69 Å². The van der Waals surface area contributed by atoms with Gasteiger partial charge in [-0.05, 0) is 50.4 Å². The van der Waals surface area contributed by atoms with Crippen molar-refractivity contribution in [2.45, 2.75) is 32.9 Å². The van der Waals surface area contributed by atoms with Gasteiger partial charge >= 0.3 is 5.97 Å². The number of ether oxygens (including phenoxy) is 1. The highest BCUT2D eigenvalue weighted by molar-refractivity contribution is 5.88. The van der Waals surface area contributed by atoms with Crippen LogP contribution >= 0.6 is 0 Å². The minimum absolute atomic E-state index is 0.359. The quantitative estimate of drug-likeness (QED) is 0.684. The zero-order chi connectivity index (χ0) is 20.4. The van der Waals surface area contributed by atoms with Crippen molar-refractivity contribution in [3.05, 3.63) is 59.9 Å². The number of para-hydroxylation sites is 1. The molecular formula is C23H28N4O2. The van der Waals surface area contributed by atoms with Crippen LogP contribution in [0.15, 0.2) is 48.5 Å². The fourth-order valence-corrected chi connectivity index (χ4v) is 3.64. The molecule has 29 heavy (non-hydrogen) atoms. The van der Waals surface area contributed by atoms with Gasteiger partial charge in [0.25, 0.3) is 0 Å². The lowest BCUT2D eigenvalue weighted by atomic mass is 10.2. The first-order valence-corrected chi connectivity index (χ1v) is 10.1. The lowest BCUT2D eigenvalue weighted by Crippen LogP contribution is -2.46. The van der Waals surface area contributed by atoms with E-state index >= 15 is 0 Å². The predicted octanol–water partition coefficient (Wildman–Crippen LogP) is 3.84. The maximum Gasteiger partial charge on any atom is 0.357 e. The third kappa shape index (κ3) is 4.77. The van der Waals surface area contributed by atoms with E-state index in [1.807, 2.05) is 32.9 Å². The highest BCUT2D eigenvalue weighted by Crippen LogP contribution is 2.19. The van der Waals surface area contributed by atoms with Gasteiger partial charge in [0.2, 0.25) is 0 Å². The standard InChI is InChI=1S/C23H28N4O2/c1-23(2,3)29-22(28)20-9-6-10-21(25-20)27-13-11-26(12-14-27)16-18-15-17-7-4-5-8-19(17)24-18/h4-10,15,24H,11-14,16H2,1-3H3. The number of nitrogens with one attached hydrogen (secondary N) is 1. The Kier molecular flexibility index (Phi) is 5.28. The Hall–Kier alpha value is -2.86. The Bertz CT molecular complexity index is 964. The van der Waals surface area contributed by atoms with Gasteiger partial charge in [0, 0.05) is 43.9 Å². The van der Waals surface area contributed by atoms with E-state index in [1.54, 1.807) is 6.07 Å². The van der Waals surface area contributed by atoms with Crippen molar-refractivity contribution < 1.29 is 9.53 Å². The van der Waals surface area contributed by atoms with E-state index in [0.29, 0.717) is 5.69 Å². The number of aromatic nitrogens is 2. The van der Waals surface area contributed by atoms with Crippen LogP contribution in [0.2, 0.25) is 0 Å². The number of hydrogen-bond acceptors (Lipinski definition) is 5. The number of fused-ring (bicyclic) bond motifs is 1. The van der Waals surface area contributed by atoms with Gasteiger partial charge in [-0.1, -0.05) is 24.3 Å². The molecule has 1 saturated heterocycles. The molecule has 6 heteroatoms. The normalized spacial score (nSPS) is 15.6. The van der Waals surface area contributed by atoms with E-state index < -0.39 is 5.60 Å². The van der Waals surface area contributed by atoms with Crippen molar-refractivity contribution in [2.75, 3.05) is 31.1 Å². The molecule has 2 aromatic heterocycles. The number of carbonyl (C=O) groups is 1. The van der Waals surface area contributed by atoms with Crippen LogP contribution in [0.25, 0.3) is 10.9 Å². The molecule has 1 aliphatic heterocycles. The highest BCUT2D eigenvalue weighted by Gasteiger charge is 2.22. The summed E-state index contributed by atoms with van der Waals surface area (Å²) < 4.78 is 5.44. The van der Waals surface area contributed by atoms with Crippen LogP contribution in [0.4, 0.5) is 5.82 Å². The summed E-state index contributed by atoms with van der Waals surface area (Å²) in [4.78, 5) is 25.0. The molecule has 3 aromatic rings. The van der Waals surface area contributed by atoms with E-state index in [4.69, 9.17) is 4.74 Å². The highest BCUT2D eigenvalue weighted by atomic mass is 16.6. The second-order valence-corrected chi connectivity index (χ2v) is 8.53. The van der Waals surface area contributed by atoms with Crippen molar-refractivity contribution in [1.29, 1.82) is 0 Å². The van der Waals surface area contributed by atoms with Gasteiger partial charge in [-0.3, -0.25) is 4.90 Å². The number of benzene rings is 1. The third-order valence-electron chi connectivity index (χ3n) is 5.02. The van der Waals surface area contributed by atoms with Crippen molar-refractivity contribution in [2.24, 2.45) is 0 Å². The van der Waals surface area contributed by atoms with Gasteiger partial charge in [0.1, 0.15) is 11.4 Å². The number of aromatic amines is 1. The first-order chi connectivity index (χ1) is 13.9. The lowest BCUT2D eigenvalue weighted by molar-refractivity contribution is 0.00629. The molecular weight excluding hydrogens is 364 g/mol. The summed E-state index contributed by atoms with van der Waals surface area (Å²) in [6.07, 6.45) is 0. The summed E-state index contributed by atoms with van der Waals surface area (Å²) in [5, 5.41) is 1.25. The lowest BCUT2D eigenvalue weighted by Gasteiger charge is -2.35. The topological polar surface area (TPSA) is 61.5 Å². The minimum atomic E-state index is -0.525. The Morgan fingerprint density at radius 1 is 1.07 bits per heavy atom. The zero-order valence-electron chi connectivity index (χ0n) is 17.3. The van der Waals surface area contributed by atoms with Crippen LogP contribution in [0.5, 0.6) is 0 Å². The van der Waals surface area contributed by atoms with Crippen LogP contribution in [0, 0.1) is 0 Å². The van der Waals surface area contributed by atoms with Crippen molar-refractivity contribution in [3.63, 3.8) is 0 Å².